The van der Waals surface area contributed by atoms with Crippen LogP contribution in [0.4, 0.5) is 5.82 Å². The molecule has 10 nitrogen and oxygen atoms in total. The number of fused-ring (bicyclic) bond motifs is 6. The van der Waals surface area contributed by atoms with Crippen LogP contribution < -0.4 is 16.1 Å². The van der Waals surface area contributed by atoms with Crippen molar-refractivity contribution in [3.05, 3.63) is 97.2 Å². The first-order chi connectivity index (χ1) is 30.8. The molecular formula is C53H71Cl2N3O7. The molecule has 5 saturated carbocycles. The number of anilines is 1. The number of benzene rings is 2. The summed E-state index contributed by atoms with van der Waals surface area (Å²) in [7, 11) is 0. The minimum Gasteiger partial charge on any atom is -0.478 e. The number of aromatic nitrogens is 1. The van der Waals surface area contributed by atoms with Gasteiger partial charge in [0.25, 0.3) is 0 Å². The first kappa shape index (κ1) is 49.2. The number of aliphatic hydroxyl groups is 2. The van der Waals surface area contributed by atoms with Crippen LogP contribution in [-0.4, -0.2) is 63.1 Å². The highest BCUT2D eigenvalue weighted by Gasteiger charge is 2.70. The maximum absolute atomic E-state index is 12.6. The molecule has 1 aromatic heterocycles. The Morgan fingerprint density at radius 2 is 1.69 bits per heavy atom. The molecule has 65 heavy (non-hydrogen) atoms. The van der Waals surface area contributed by atoms with Gasteiger partial charge in [0.05, 0.1) is 27.8 Å². The molecule has 0 spiro atoms. The van der Waals surface area contributed by atoms with Crippen LogP contribution in [-0.2, 0) is 20.9 Å². The third-order valence-electron chi connectivity index (χ3n) is 17.1. The number of allylic oxidation sites excluding steroid dienone is 2. The maximum Gasteiger partial charge on any atom is 0.331 e. The number of carboxylic acids is 1. The van der Waals surface area contributed by atoms with E-state index < -0.39 is 24.1 Å². The van der Waals surface area contributed by atoms with Crippen LogP contribution in [0, 0.1) is 45.8 Å². The third kappa shape index (κ3) is 9.85. The van der Waals surface area contributed by atoms with Gasteiger partial charge in [0, 0.05) is 43.1 Å². The van der Waals surface area contributed by atoms with Gasteiger partial charge in [-0.05, 0) is 159 Å². The van der Waals surface area contributed by atoms with Crippen LogP contribution in [0.5, 0.6) is 0 Å². The summed E-state index contributed by atoms with van der Waals surface area (Å²) in [5.41, 5.74) is 3.60. The normalized spacial score (nSPS) is 34.6. The van der Waals surface area contributed by atoms with E-state index in [1.165, 1.54) is 19.8 Å². The summed E-state index contributed by atoms with van der Waals surface area (Å²) >= 11 is 12.1. The molecule has 0 aliphatic heterocycles. The number of halogens is 2. The lowest BCUT2D eigenvalue weighted by molar-refractivity contribution is -0.234. The number of aliphatic carboxylic acids is 1. The number of rotatable bonds is 11. The van der Waals surface area contributed by atoms with Crippen LogP contribution in [0.2, 0.25) is 10.0 Å². The third-order valence-corrected chi connectivity index (χ3v) is 17.8. The first-order valence-electron chi connectivity index (χ1n) is 23.9. The van der Waals surface area contributed by atoms with E-state index >= 15 is 0 Å². The van der Waals surface area contributed by atoms with Crippen molar-refractivity contribution >= 4 is 51.9 Å². The minimum absolute atomic E-state index is 0.0394. The number of aliphatic hydroxyl groups excluding tert-OH is 2. The lowest BCUT2D eigenvalue weighted by atomic mass is 9.36. The van der Waals surface area contributed by atoms with Crippen molar-refractivity contribution < 1.29 is 29.6 Å². The Balaban J connectivity index is 0.000000201. The van der Waals surface area contributed by atoms with Crippen LogP contribution >= 0.6 is 23.2 Å². The molecule has 12 heteroatoms. The van der Waals surface area contributed by atoms with Gasteiger partial charge < -0.3 is 35.7 Å². The summed E-state index contributed by atoms with van der Waals surface area (Å²) in [5, 5.41) is 41.9. The second-order valence-corrected chi connectivity index (χ2v) is 21.9. The molecule has 1 heterocycles. The molecule has 5 aliphatic carbocycles. The van der Waals surface area contributed by atoms with Gasteiger partial charge in [-0.3, -0.25) is 9.59 Å². The summed E-state index contributed by atoms with van der Waals surface area (Å²) in [6.45, 7) is 16.1. The van der Waals surface area contributed by atoms with Gasteiger partial charge in [0.1, 0.15) is 11.9 Å². The number of carboxylic acid groups (broad SMARTS) is 1. The van der Waals surface area contributed by atoms with E-state index in [2.05, 4.69) is 43.3 Å². The predicted molar refractivity (Wildman–Crippen MR) is 260 cm³/mol. The number of esters is 1. The van der Waals surface area contributed by atoms with Crippen molar-refractivity contribution in [3.8, 4) is 0 Å². The van der Waals surface area contributed by atoms with Gasteiger partial charge in [-0.1, -0.05) is 87.2 Å². The fourth-order valence-corrected chi connectivity index (χ4v) is 14.1. The van der Waals surface area contributed by atoms with Crippen molar-refractivity contribution in [1.29, 1.82) is 0 Å². The molecule has 3 aromatic rings. The van der Waals surface area contributed by atoms with Gasteiger partial charge in [-0.2, -0.15) is 0 Å². The fourth-order valence-electron chi connectivity index (χ4n) is 13.8. The lowest BCUT2D eigenvalue weighted by Gasteiger charge is -2.69. The van der Waals surface area contributed by atoms with Crippen LogP contribution in [0.15, 0.2) is 76.1 Å². The van der Waals surface area contributed by atoms with E-state index in [0.29, 0.717) is 59.2 Å². The van der Waals surface area contributed by atoms with E-state index in [0.717, 1.165) is 78.6 Å². The molecule has 0 saturated heterocycles. The molecule has 5 aliphatic rings. The number of aromatic amines is 1. The number of nitrogens with one attached hydrogen (secondary N) is 3. The highest BCUT2D eigenvalue weighted by atomic mass is 35.5. The summed E-state index contributed by atoms with van der Waals surface area (Å²) in [6, 6.07) is 15.4. The van der Waals surface area contributed by atoms with Gasteiger partial charge in [-0.25, -0.2) is 4.79 Å². The second-order valence-electron chi connectivity index (χ2n) is 21.0. The van der Waals surface area contributed by atoms with Crippen LogP contribution in [0.1, 0.15) is 125 Å². The maximum atomic E-state index is 12.6. The first-order valence-corrected chi connectivity index (χ1v) is 24.7. The SMILES string of the molecule is CC(=O)O[C@H]1C[C@@]2(C)[C@@H](CC(O)C3[C@]2(C)CC[C@H]2[C@H](C)[C@H](O)CC[C@]32C)/C1=C(/CCC=C(C)C)C(=O)O.O=c1cc(NC[C@H]2CCC[C@@H]2NCc2ccc(Cl)c(Cl)c2)[nH]c2ccccc12. The van der Waals surface area contributed by atoms with Gasteiger partial charge >= 0.3 is 11.9 Å². The number of carbonyl (C=O) groups excluding carboxylic acids is 1. The van der Waals surface area contributed by atoms with E-state index in [1.807, 2.05) is 62.4 Å². The molecule has 5 fully saturated rings. The van der Waals surface area contributed by atoms with Gasteiger partial charge in [0.15, 0.2) is 5.43 Å². The van der Waals surface area contributed by atoms with Gasteiger partial charge in [0.2, 0.25) is 0 Å². The summed E-state index contributed by atoms with van der Waals surface area (Å²) in [4.78, 5) is 40.4. The number of hydrogen-bond acceptors (Lipinski definition) is 8. The number of ether oxygens (including phenoxy) is 1. The van der Waals surface area contributed by atoms with E-state index in [1.54, 1.807) is 6.07 Å². The number of carbonyl (C=O) groups is 2. The smallest absolute Gasteiger partial charge is 0.331 e. The molecule has 2 aromatic carbocycles. The average molecular weight is 933 g/mol. The highest BCUT2D eigenvalue weighted by Crippen LogP contribution is 2.74. The Labute approximate surface area is 395 Å². The number of H-pyrrole nitrogens is 1. The molecule has 0 bridgehead atoms. The molecule has 2 unspecified atom stereocenters. The minimum atomic E-state index is -0.953. The van der Waals surface area contributed by atoms with Crippen molar-refractivity contribution in [1.82, 2.24) is 10.3 Å². The van der Waals surface area contributed by atoms with E-state index in [-0.39, 0.29) is 45.5 Å². The highest BCUT2D eigenvalue weighted by molar-refractivity contribution is 6.42. The lowest BCUT2D eigenvalue weighted by Crippen LogP contribution is -2.65. The monoisotopic (exact) mass is 931 g/mol. The Hall–Kier alpha value is -3.67. The fraction of sp³-hybridized carbons (Fsp3) is 0.604. The van der Waals surface area contributed by atoms with Crippen molar-refractivity contribution in [3.63, 3.8) is 0 Å². The molecule has 0 radical (unpaired) electrons. The van der Waals surface area contributed by atoms with E-state index in [4.69, 9.17) is 27.9 Å². The summed E-state index contributed by atoms with van der Waals surface area (Å²) in [5.74, 6) is 0.379. The molecule has 0 amide bonds. The summed E-state index contributed by atoms with van der Waals surface area (Å²) in [6.07, 6.45) is 9.76. The topological polar surface area (TPSA) is 161 Å². The molecule has 6 N–H and O–H groups in total. The quantitative estimate of drug-likeness (QED) is 0.0625. The number of para-hydroxylation sites is 1. The standard InChI is InChI=1S/C31H48O6.C22H23Cl2N3O/c1-17(2)9-8-10-20(28(35)36)26-22-15-24(34)27-29(5)13-12-23(33)18(3)21(29)11-14-30(27,6)31(22,7)16-25(26)37-19(4)32;23-17-9-8-14(10-18(17)24)12-25-19-7-3-4-15(19)13-26-22-11-21(28)16-5-1-2-6-20(16)27-22/h9,18,21-25,27,33-34H,8,10-16H2,1-7H3,(H,35,36);1-2,5-6,8-11,15,19,25H,3-4,7,12-13H2,(H2,26,27,28)/b26-20+;/t18-,21-,22-,23+,24?,25-,27?,29-,30-,31-;15-,19+/m01/s1. The molecule has 12 atom stereocenters. The van der Waals surface area contributed by atoms with Crippen LogP contribution in [0.3, 0.4) is 0 Å². The molecule has 354 valence electrons. The Bertz CT molecular complexity index is 2360. The van der Waals surface area contributed by atoms with Crippen molar-refractivity contribution in [2.45, 2.75) is 150 Å². The Morgan fingerprint density at radius 1 is 0.938 bits per heavy atom. The Kier molecular flexibility index (Phi) is 15.1. The molecular weight excluding hydrogens is 862 g/mol. The van der Waals surface area contributed by atoms with E-state index in [9.17, 15) is 29.7 Å². The largest absolute Gasteiger partial charge is 0.478 e. The van der Waals surface area contributed by atoms with Crippen molar-refractivity contribution in [2.75, 3.05) is 11.9 Å². The summed E-state index contributed by atoms with van der Waals surface area (Å²) < 4.78 is 5.87. The van der Waals surface area contributed by atoms with Crippen LogP contribution in [0.25, 0.3) is 10.9 Å². The molecule has 8 rings (SSSR count). The Morgan fingerprint density at radius 3 is 2.40 bits per heavy atom. The second kappa shape index (κ2) is 19.9. The number of pyridine rings is 1. The zero-order valence-corrected chi connectivity index (χ0v) is 40.8. The zero-order chi connectivity index (χ0) is 47.0. The zero-order valence-electron chi connectivity index (χ0n) is 39.3. The van der Waals surface area contributed by atoms with Crippen molar-refractivity contribution in [2.24, 2.45) is 45.8 Å². The number of hydrogen-bond donors (Lipinski definition) is 6. The average Bonchev–Trinajstić information content (AvgIpc) is 3.81. The predicted octanol–water partition coefficient (Wildman–Crippen LogP) is 10.9. The van der Waals surface area contributed by atoms with Gasteiger partial charge in [-0.15, -0.1) is 0 Å².